The van der Waals surface area contributed by atoms with Gasteiger partial charge in [0, 0.05) is 19.8 Å². The molecular weight excluding hydrogens is 380 g/mol. The topological polar surface area (TPSA) is 61.8 Å². The van der Waals surface area contributed by atoms with Crippen molar-refractivity contribution in [2.24, 2.45) is 0 Å². The lowest BCUT2D eigenvalue weighted by atomic mass is 9.85. The summed E-state index contributed by atoms with van der Waals surface area (Å²) in [7, 11) is 3.33. The molecule has 0 heterocycles. The highest BCUT2D eigenvalue weighted by molar-refractivity contribution is 5.98. The van der Waals surface area contributed by atoms with Crippen LogP contribution in [0.5, 0.6) is 0 Å². The molecule has 174 valence electrons. The molecule has 0 spiro atoms. The van der Waals surface area contributed by atoms with Gasteiger partial charge in [-0.2, -0.15) is 0 Å². The molecule has 0 amide bonds. The van der Waals surface area contributed by atoms with Gasteiger partial charge in [-0.15, -0.1) is 0 Å². The third kappa shape index (κ3) is 13.5. The molecule has 1 aromatic carbocycles. The minimum atomic E-state index is -0.433. The van der Waals surface area contributed by atoms with E-state index in [1.807, 2.05) is 26.8 Å². The summed E-state index contributed by atoms with van der Waals surface area (Å²) in [4.78, 5) is 23.1. The van der Waals surface area contributed by atoms with Crippen molar-refractivity contribution in [3.63, 3.8) is 0 Å². The number of methoxy groups -OCH3 is 2. The third-order valence-corrected chi connectivity index (χ3v) is 4.45. The van der Waals surface area contributed by atoms with E-state index < -0.39 is 5.97 Å². The van der Waals surface area contributed by atoms with E-state index in [-0.39, 0.29) is 17.6 Å². The van der Waals surface area contributed by atoms with Crippen LogP contribution < -0.4 is 0 Å². The molecule has 0 fully saturated rings. The van der Waals surface area contributed by atoms with Gasteiger partial charge in [-0.1, -0.05) is 60.5 Å². The summed E-state index contributed by atoms with van der Waals surface area (Å²) in [6, 6.07) is 5.31. The van der Waals surface area contributed by atoms with Crippen molar-refractivity contribution in [3.8, 4) is 0 Å². The Bertz CT molecular complexity index is 588. The molecule has 0 aliphatic heterocycles. The number of carbonyl (C=O) groups excluding carboxylic acids is 2. The second-order valence-corrected chi connectivity index (χ2v) is 8.30. The molecule has 2 unspecified atom stereocenters. The summed E-state index contributed by atoms with van der Waals surface area (Å²) >= 11 is 0. The number of aldehydes is 1. The van der Waals surface area contributed by atoms with Crippen molar-refractivity contribution in [1.29, 1.82) is 0 Å². The number of hydrogen-bond acceptors (Lipinski definition) is 5. The molecule has 0 N–H and O–H groups in total. The summed E-state index contributed by atoms with van der Waals surface area (Å²) in [5, 5.41) is 0. The van der Waals surface area contributed by atoms with Gasteiger partial charge in [0.05, 0.1) is 24.4 Å². The summed E-state index contributed by atoms with van der Waals surface area (Å²) in [6.07, 6.45) is 4.18. The Morgan fingerprint density at radius 1 is 1.03 bits per heavy atom. The van der Waals surface area contributed by atoms with E-state index in [9.17, 15) is 9.59 Å². The average molecular weight is 425 g/mol. The molecule has 0 saturated carbocycles. The summed E-state index contributed by atoms with van der Waals surface area (Å²) in [5.41, 5.74) is 1.69. The minimum absolute atomic E-state index is 0.0586. The smallest absolute Gasteiger partial charge is 0.339 e. The number of esters is 1. The molecule has 5 heteroatoms. The largest absolute Gasteiger partial charge is 0.459 e. The molecule has 0 aromatic heterocycles. The van der Waals surface area contributed by atoms with Crippen LogP contribution in [0.1, 0.15) is 101 Å². The predicted molar refractivity (Wildman–Crippen MR) is 125 cm³/mol. The van der Waals surface area contributed by atoms with E-state index in [0.29, 0.717) is 24.0 Å². The highest BCUT2D eigenvalue weighted by Crippen LogP contribution is 2.24. The zero-order valence-electron chi connectivity index (χ0n) is 20.8. The first-order valence-electron chi connectivity index (χ1n) is 10.8. The molecule has 1 rings (SSSR count). The Hall–Kier alpha value is -1.72. The molecule has 0 bridgehead atoms. The van der Waals surface area contributed by atoms with Gasteiger partial charge in [-0.05, 0) is 43.4 Å². The lowest BCUT2D eigenvalue weighted by Gasteiger charge is -2.20. The normalized spacial score (nSPS) is 12.5. The Kier molecular flexibility index (Phi) is 17.3. The molecule has 0 aliphatic rings. The monoisotopic (exact) mass is 424 g/mol. The van der Waals surface area contributed by atoms with Crippen LogP contribution in [0.15, 0.2) is 18.2 Å². The van der Waals surface area contributed by atoms with Crippen molar-refractivity contribution >= 4 is 12.3 Å². The lowest BCUT2D eigenvalue weighted by molar-refractivity contribution is 0.0332. The number of ether oxygens (including phenoxy) is 3. The fourth-order valence-corrected chi connectivity index (χ4v) is 1.94. The molecule has 0 aliphatic carbocycles. The van der Waals surface area contributed by atoms with Crippen LogP contribution in [-0.4, -0.2) is 45.3 Å². The number of rotatable bonds is 8. The van der Waals surface area contributed by atoms with Crippen molar-refractivity contribution < 1.29 is 23.8 Å². The van der Waals surface area contributed by atoms with Crippen LogP contribution in [0.2, 0.25) is 0 Å². The molecule has 2 atom stereocenters. The molecule has 0 saturated heterocycles. The second-order valence-electron chi connectivity index (χ2n) is 8.30. The third-order valence-electron chi connectivity index (χ3n) is 4.45. The quantitative estimate of drug-likeness (QED) is 0.366. The van der Waals surface area contributed by atoms with Gasteiger partial charge in [0.2, 0.25) is 0 Å². The van der Waals surface area contributed by atoms with Gasteiger partial charge in [0.1, 0.15) is 0 Å². The number of hydrogen-bond donors (Lipinski definition) is 0. The number of benzene rings is 1. The maximum Gasteiger partial charge on any atom is 0.339 e. The van der Waals surface area contributed by atoms with Gasteiger partial charge in [-0.3, -0.25) is 4.79 Å². The average Bonchev–Trinajstić information content (AvgIpc) is 2.73. The summed E-state index contributed by atoms with van der Waals surface area (Å²) < 4.78 is 14.9. The van der Waals surface area contributed by atoms with E-state index in [1.165, 1.54) is 12.8 Å². The maximum absolute atomic E-state index is 12.0. The zero-order valence-corrected chi connectivity index (χ0v) is 20.8. The first-order chi connectivity index (χ1) is 14.0. The van der Waals surface area contributed by atoms with Gasteiger partial charge >= 0.3 is 5.97 Å². The minimum Gasteiger partial charge on any atom is -0.459 e. The van der Waals surface area contributed by atoms with Crippen LogP contribution in [0.4, 0.5) is 0 Å². The van der Waals surface area contributed by atoms with Crippen molar-refractivity contribution in [2.45, 2.75) is 92.3 Å². The standard InChI is InChI=1S/C16H22O3.C5H12O2.C4H10/c1-6-11(2)19-15(18)14-8-7-13(16(3,4)5)9-12(14)10-17;1-5(7-3)4-6-2;1-3-4-2/h7-11H,6H2,1-5H3;5H,4H2,1-3H3;3-4H2,1-2H3. The Morgan fingerprint density at radius 2 is 1.60 bits per heavy atom. The Morgan fingerprint density at radius 3 is 1.93 bits per heavy atom. The number of carbonyl (C=O) groups is 2. The molecule has 5 nitrogen and oxygen atoms in total. The highest BCUT2D eigenvalue weighted by Gasteiger charge is 2.19. The lowest BCUT2D eigenvalue weighted by Crippen LogP contribution is -2.17. The van der Waals surface area contributed by atoms with Crippen molar-refractivity contribution in [3.05, 3.63) is 34.9 Å². The highest BCUT2D eigenvalue weighted by atomic mass is 16.5. The second kappa shape index (κ2) is 17.0. The van der Waals surface area contributed by atoms with Crippen LogP contribution in [0.3, 0.4) is 0 Å². The Balaban J connectivity index is 0. The fourth-order valence-electron chi connectivity index (χ4n) is 1.94. The van der Waals surface area contributed by atoms with Crippen molar-refractivity contribution in [2.75, 3.05) is 20.8 Å². The van der Waals surface area contributed by atoms with Gasteiger partial charge in [-0.25, -0.2) is 4.79 Å². The zero-order chi connectivity index (χ0) is 23.7. The van der Waals surface area contributed by atoms with Gasteiger partial charge < -0.3 is 14.2 Å². The van der Waals surface area contributed by atoms with Gasteiger partial charge in [0.25, 0.3) is 0 Å². The Labute approximate surface area is 184 Å². The van der Waals surface area contributed by atoms with Crippen LogP contribution in [0, 0.1) is 0 Å². The molecule has 30 heavy (non-hydrogen) atoms. The van der Waals surface area contributed by atoms with E-state index >= 15 is 0 Å². The van der Waals surface area contributed by atoms with E-state index in [2.05, 4.69) is 34.6 Å². The molecule has 1 aromatic rings. The first kappa shape index (κ1) is 30.5. The first-order valence-corrected chi connectivity index (χ1v) is 10.8. The van der Waals surface area contributed by atoms with Crippen LogP contribution >= 0.6 is 0 Å². The van der Waals surface area contributed by atoms with Crippen LogP contribution in [-0.2, 0) is 19.6 Å². The maximum atomic E-state index is 12.0. The SMILES string of the molecule is CCC(C)OC(=O)c1ccc(C(C)(C)C)cc1C=O.CCCC.COCC(C)OC. The van der Waals surface area contributed by atoms with Gasteiger partial charge in [0.15, 0.2) is 6.29 Å². The van der Waals surface area contributed by atoms with Crippen molar-refractivity contribution in [1.82, 2.24) is 0 Å². The summed E-state index contributed by atoms with van der Waals surface area (Å²) in [5.74, 6) is -0.433. The number of unbranched alkanes of at least 4 members (excludes halogenated alkanes) is 1. The van der Waals surface area contributed by atoms with E-state index in [0.717, 1.165) is 12.0 Å². The fraction of sp³-hybridized carbons (Fsp3) is 0.680. The summed E-state index contributed by atoms with van der Waals surface area (Å²) in [6.45, 7) is 17.0. The molecular formula is C25H44O5. The van der Waals surface area contributed by atoms with Crippen LogP contribution in [0.25, 0.3) is 0 Å². The van der Waals surface area contributed by atoms with E-state index in [1.54, 1.807) is 26.4 Å². The predicted octanol–water partition coefficient (Wildman–Crippen LogP) is 6.23. The van der Waals surface area contributed by atoms with E-state index in [4.69, 9.17) is 14.2 Å². The molecule has 0 radical (unpaired) electrons.